The molecular formula is C6H2ClF5O2S. The summed E-state index contributed by atoms with van der Waals surface area (Å²) in [5, 5.41) is -4.14. The van der Waals surface area contributed by atoms with Crippen LogP contribution in [0.4, 0.5) is 22.0 Å². The topological polar surface area (TPSA) is 34.1 Å². The van der Waals surface area contributed by atoms with E-state index in [1.807, 2.05) is 0 Å². The van der Waals surface area contributed by atoms with Crippen molar-refractivity contribution in [1.29, 1.82) is 0 Å². The van der Waals surface area contributed by atoms with E-state index >= 15 is 0 Å². The van der Waals surface area contributed by atoms with Crippen LogP contribution in [-0.2, 0) is 9.05 Å². The molecule has 2 nitrogen and oxygen atoms in total. The Labute approximate surface area is 85.4 Å². The Morgan fingerprint density at radius 2 is 1.80 bits per heavy atom. The molecule has 0 radical (unpaired) electrons. The van der Waals surface area contributed by atoms with Crippen molar-refractivity contribution in [3.05, 3.63) is 23.6 Å². The van der Waals surface area contributed by atoms with Crippen LogP contribution in [0.1, 0.15) is 0 Å². The summed E-state index contributed by atoms with van der Waals surface area (Å²) in [5.41, 5.74) is 0. The number of hydrogen-bond acceptors (Lipinski definition) is 2. The molecule has 0 saturated carbocycles. The maximum atomic E-state index is 13.3. The molecule has 1 rings (SSSR count). The van der Waals surface area contributed by atoms with Crippen molar-refractivity contribution in [1.82, 2.24) is 0 Å². The van der Waals surface area contributed by atoms with Gasteiger partial charge in [-0.15, -0.1) is 0 Å². The first-order valence-electron chi connectivity index (χ1n) is 3.32. The maximum Gasteiger partial charge on any atom is 0.283 e. The zero-order chi connectivity index (χ0) is 12.0. The van der Waals surface area contributed by atoms with Crippen molar-refractivity contribution < 1.29 is 30.4 Å². The molecule has 2 atom stereocenters. The van der Waals surface area contributed by atoms with Gasteiger partial charge in [0.1, 0.15) is 0 Å². The van der Waals surface area contributed by atoms with E-state index in [9.17, 15) is 30.4 Å². The molecule has 0 saturated heterocycles. The molecule has 9 heteroatoms. The van der Waals surface area contributed by atoms with Gasteiger partial charge >= 0.3 is 0 Å². The molecular weight excluding hydrogens is 267 g/mol. The molecule has 86 valence electrons. The molecule has 0 spiro atoms. The third-order valence-electron chi connectivity index (χ3n) is 1.68. The van der Waals surface area contributed by atoms with Crippen LogP contribution in [0.2, 0.25) is 0 Å². The Morgan fingerprint density at radius 1 is 1.33 bits per heavy atom. The van der Waals surface area contributed by atoms with Crippen LogP contribution in [0.5, 0.6) is 0 Å². The molecule has 0 fully saturated rings. The first-order chi connectivity index (χ1) is 6.61. The third kappa shape index (κ3) is 1.76. The molecule has 0 aliphatic heterocycles. The molecule has 0 aromatic heterocycles. The highest BCUT2D eigenvalue weighted by molar-refractivity contribution is 8.14. The number of rotatable bonds is 1. The molecule has 0 heterocycles. The van der Waals surface area contributed by atoms with E-state index in [0.717, 1.165) is 0 Å². The van der Waals surface area contributed by atoms with Crippen molar-refractivity contribution in [2.75, 3.05) is 0 Å². The molecule has 0 unspecified atom stereocenters. The van der Waals surface area contributed by atoms with Crippen LogP contribution in [0.15, 0.2) is 23.6 Å². The zero-order valence-corrected chi connectivity index (χ0v) is 8.22. The molecule has 0 aromatic rings. The average Bonchev–Trinajstić information content (AvgIpc) is 2.10. The van der Waals surface area contributed by atoms with E-state index in [0.29, 0.717) is 0 Å². The lowest BCUT2D eigenvalue weighted by Crippen LogP contribution is -2.41. The standard InChI is InChI=1S/C6H2ClF5O2S/c7-15(13,14)6(12)1-2(8)3(9)4(10)5(6)11/h1,5H/t5-,6+/m0/s1. The van der Waals surface area contributed by atoms with Gasteiger partial charge in [0.15, 0.2) is 17.5 Å². The minimum absolute atomic E-state index is 0.557. The minimum atomic E-state index is -5.29. The highest BCUT2D eigenvalue weighted by Gasteiger charge is 2.56. The van der Waals surface area contributed by atoms with Crippen LogP contribution in [0.25, 0.3) is 0 Å². The first-order valence-corrected chi connectivity index (χ1v) is 5.63. The van der Waals surface area contributed by atoms with Gasteiger partial charge in [0.05, 0.1) is 0 Å². The Morgan fingerprint density at radius 3 is 2.20 bits per heavy atom. The Kier molecular flexibility index (Phi) is 2.86. The first kappa shape index (κ1) is 12.4. The fraction of sp³-hybridized carbons (Fsp3) is 0.333. The summed E-state index contributed by atoms with van der Waals surface area (Å²) in [5.74, 6) is -6.93. The SMILES string of the molecule is O=S(=O)(Cl)[C@]1(F)C=C(F)C(F)=C(F)[C@@H]1F. The van der Waals surface area contributed by atoms with E-state index in [1.165, 1.54) is 0 Å². The summed E-state index contributed by atoms with van der Waals surface area (Å²) in [4.78, 5) is 0. The van der Waals surface area contributed by atoms with Gasteiger partial charge in [0.2, 0.25) is 6.17 Å². The highest BCUT2D eigenvalue weighted by Crippen LogP contribution is 2.43. The summed E-state index contributed by atoms with van der Waals surface area (Å²) >= 11 is 0. The van der Waals surface area contributed by atoms with Crippen LogP contribution in [0, 0.1) is 0 Å². The third-order valence-corrected chi connectivity index (χ3v) is 3.47. The van der Waals surface area contributed by atoms with Gasteiger partial charge in [0.25, 0.3) is 14.1 Å². The zero-order valence-electron chi connectivity index (χ0n) is 6.65. The normalized spacial score (nSPS) is 32.9. The lowest BCUT2D eigenvalue weighted by Gasteiger charge is -2.24. The molecule has 15 heavy (non-hydrogen) atoms. The molecule has 1 aliphatic rings. The number of alkyl halides is 2. The second-order valence-corrected chi connectivity index (χ2v) is 5.37. The quantitative estimate of drug-likeness (QED) is 0.541. The largest absolute Gasteiger partial charge is 0.283 e. The molecule has 0 bridgehead atoms. The van der Waals surface area contributed by atoms with E-state index < -0.39 is 43.8 Å². The van der Waals surface area contributed by atoms with Gasteiger partial charge < -0.3 is 0 Å². The van der Waals surface area contributed by atoms with E-state index in [1.54, 1.807) is 0 Å². The Bertz CT molecular complexity index is 456. The lowest BCUT2D eigenvalue weighted by atomic mass is 10.1. The molecule has 0 amide bonds. The summed E-state index contributed by atoms with van der Waals surface area (Å²) in [6.07, 6.45) is -4.09. The van der Waals surface area contributed by atoms with Crippen molar-refractivity contribution in [3.63, 3.8) is 0 Å². The molecule has 0 aromatic carbocycles. The Hall–Kier alpha value is -0.630. The van der Waals surface area contributed by atoms with Crippen LogP contribution >= 0.6 is 10.7 Å². The monoisotopic (exact) mass is 268 g/mol. The van der Waals surface area contributed by atoms with Crippen LogP contribution in [0.3, 0.4) is 0 Å². The van der Waals surface area contributed by atoms with E-state index in [2.05, 4.69) is 10.7 Å². The second-order valence-electron chi connectivity index (χ2n) is 2.65. The number of allylic oxidation sites excluding steroid dienone is 3. The Balaban J connectivity index is 3.43. The van der Waals surface area contributed by atoms with E-state index in [-0.39, 0.29) is 0 Å². The number of halogens is 6. The molecule has 0 N–H and O–H groups in total. The summed E-state index contributed by atoms with van der Waals surface area (Å²) in [7, 11) is -0.830. The maximum absolute atomic E-state index is 13.3. The van der Waals surface area contributed by atoms with Gasteiger partial charge in [0, 0.05) is 16.8 Å². The van der Waals surface area contributed by atoms with Gasteiger partial charge in [-0.3, -0.25) is 0 Å². The smallest absolute Gasteiger partial charge is 0.234 e. The lowest BCUT2D eigenvalue weighted by molar-refractivity contribution is 0.159. The second kappa shape index (κ2) is 3.44. The molecule has 1 aliphatic carbocycles. The summed E-state index contributed by atoms with van der Waals surface area (Å²) in [6, 6.07) is 0. The number of hydrogen-bond donors (Lipinski definition) is 0. The van der Waals surface area contributed by atoms with Crippen molar-refractivity contribution >= 4 is 19.7 Å². The van der Waals surface area contributed by atoms with Gasteiger partial charge in [-0.1, -0.05) is 0 Å². The van der Waals surface area contributed by atoms with Gasteiger partial charge in [-0.05, 0) is 0 Å². The van der Waals surface area contributed by atoms with Gasteiger partial charge in [-0.2, -0.15) is 0 Å². The minimum Gasteiger partial charge on any atom is -0.234 e. The predicted octanol–water partition coefficient (Wildman–Crippen LogP) is 2.58. The van der Waals surface area contributed by atoms with Crippen molar-refractivity contribution in [2.24, 2.45) is 0 Å². The van der Waals surface area contributed by atoms with Gasteiger partial charge in [-0.25, -0.2) is 30.4 Å². The van der Waals surface area contributed by atoms with E-state index in [4.69, 9.17) is 0 Å². The fourth-order valence-corrected chi connectivity index (χ4v) is 1.86. The van der Waals surface area contributed by atoms with Crippen LogP contribution in [-0.4, -0.2) is 19.6 Å². The summed E-state index contributed by atoms with van der Waals surface area (Å²) < 4.78 is 84.6. The fourth-order valence-electron chi connectivity index (χ4n) is 0.901. The average molecular weight is 269 g/mol. The highest BCUT2D eigenvalue weighted by atomic mass is 35.7. The van der Waals surface area contributed by atoms with Crippen molar-refractivity contribution in [2.45, 2.75) is 11.2 Å². The summed E-state index contributed by atoms with van der Waals surface area (Å²) in [6.45, 7) is 0. The van der Waals surface area contributed by atoms with Crippen LogP contribution < -0.4 is 0 Å². The van der Waals surface area contributed by atoms with Crippen molar-refractivity contribution in [3.8, 4) is 0 Å². The predicted molar refractivity (Wildman–Crippen MR) is 41.9 cm³/mol.